The Kier molecular flexibility index (Phi) is 3.83. The fraction of sp³-hybridized carbons (Fsp3) is 0.333. The summed E-state index contributed by atoms with van der Waals surface area (Å²) < 4.78 is 0. The van der Waals surface area contributed by atoms with E-state index in [9.17, 15) is 20.0 Å². The van der Waals surface area contributed by atoms with Gasteiger partial charge in [0.25, 0.3) is 11.2 Å². The van der Waals surface area contributed by atoms with Crippen LogP contribution in [0.25, 0.3) is 0 Å². The molecule has 0 atom stereocenters. The summed E-state index contributed by atoms with van der Waals surface area (Å²) in [6, 6.07) is 3.95. The largest absolute Gasteiger partial charge is 0.508 e. The number of benzene rings is 1. The lowest BCUT2D eigenvalue weighted by molar-refractivity contribution is -0.385. The summed E-state index contributed by atoms with van der Waals surface area (Å²) >= 11 is 0. The number of hydrogen-bond acceptors (Lipinski definition) is 6. The Morgan fingerprint density at radius 2 is 2.26 bits per heavy atom. The predicted octanol–water partition coefficient (Wildman–Crippen LogP) is 1.25. The first kappa shape index (κ1) is 15.2. The zero-order valence-corrected chi connectivity index (χ0v) is 12.6. The fourth-order valence-corrected chi connectivity index (χ4v) is 2.79. The van der Waals surface area contributed by atoms with E-state index in [2.05, 4.69) is 9.97 Å². The van der Waals surface area contributed by atoms with Crippen LogP contribution in [-0.2, 0) is 19.5 Å². The van der Waals surface area contributed by atoms with Gasteiger partial charge in [0.1, 0.15) is 11.6 Å². The molecule has 2 N–H and O–H groups in total. The van der Waals surface area contributed by atoms with Crippen LogP contribution >= 0.6 is 0 Å². The Bertz CT molecular complexity index is 831. The zero-order valence-electron chi connectivity index (χ0n) is 12.6. The van der Waals surface area contributed by atoms with Crippen LogP contribution in [0.4, 0.5) is 5.69 Å². The third kappa shape index (κ3) is 3.07. The maximum absolute atomic E-state index is 12.0. The zero-order chi connectivity index (χ0) is 16.6. The molecule has 0 saturated carbocycles. The minimum atomic E-state index is -0.494. The van der Waals surface area contributed by atoms with Gasteiger partial charge in [0, 0.05) is 43.8 Å². The first-order valence-electron chi connectivity index (χ1n) is 7.21. The molecule has 8 heteroatoms. The van der Waals surface area contributed by atoms with E-state index < -0.39 is 4.92 Å². The number of non-ortho nitro benzene ring substituents is 1. The monoisotopic (exact) mass is 316 g/mol. The maximum Gasteiger partial charge on any atom is 0.270 e. The molecule has 120 valence electrons. The quantitative estimate of drug-likeness (QED) is 0.651. The van der Waals surface area contributed by atoms with Crippen molar-refractivity contribution in [3.05, 3.63) is 61.3 Å². The number of nitro benzene ring substituents is 1. The molecular formula is C15H16N4O4. The number of nitrogens with one attached hydrogen (secondary N) is 1. The molecule has 0 unspecified atom stereocenters. The van der Waals surface area contributed by atoms with Crippen molar-refractivity contribution in [2.45, 2.75) is 26.4 Å². The number of aromatic hydroxyl groups is 1. The molecule has 0 radical (unpaired) electrons. The number of aromatic amines is 1. The van der Waals surface area contributed by atoms with Gasteiger partial charge < -0.3 is 10.1 Å². The van der Waals surface area contributed by atoms with Gasteiger partial charge in [0.2, 0.25) is 0 Å². The molecule has 23 heavy (non-hydrogen) atoms. The lowest BCUT2D eigenvalue weighted by Gasteiger charge is -2.27. The second kappa shape index (κ2) is 5.81. The number of phenolic OH excluding ortho intramolecular Hbond substituents is 1. The van der Waals surface area contributed by atoms with E-state index in [0.717, 1.165) is 5.69 Å². The van der Waals surface area contributed by atoms with Crippen LogP contribution in [0.5, 0.6) is 5.75 Å². The first-order valence-corrected chi connectivity index (χ1v) is 7.21. The van der Waals surface area contributed by atoms with Crippen molar-refractivity contribution in [2.24, 2.45) is 0 Å². The summed E-state index contributed by atoms with van der Waals surface area (Å²) in [6.07, 6.45) is 0.635. The normalized spacial score (nSPS) is 14.5. The second-order valence-corrected chi connectivity index (χ2v) is 5.61. The number of phenols is 1. The van der Waals surface area contributed by atoms with E-state index in [1.54, 1.807) is 6.92 Å². The van der Waals surface area contributed by atoms with Crippen molar-refractivity contribution in [1.82, 2.24) is 14.9 Å². The summed E-state index contributed by atoms with van der Waals surface area (Å²) in [5, 5.41) is 20.8. The number of nitro groups is 1. The maximum atomic E-state index is 12.0. The van der Waals surface area contributed by atoms with Crippen LogP contribution in [0.15, 0.2) is 23.0 Å². The van der Waals surface area contributed by atoms with Crippen molar-refractivity contribution >= 4 is 5.69 Å². The van der Waals surface area contributed by atoms with E-state index >= 15 is 0 Å². The van der Waals surface area contributed by atoms with Gasteiger partial charge in [-0.3, -0.25) is 19.8 Å². The Morgan fingerprint density at radius 1 is 1.48 bits per heavy atom. The summed E-state index contributed by atoms with van der Waals surface area (Å²) in [4.78, 5) is 31.4. The lowest BCUT2D eigenvalue weighted by Crippen LogP contribution is -2.35. The van der Waals surface area contributed by atoms with Gasteiger partial charge >= 0.3 is 0 Å². The van der Waals surface area contributed by atoms with Gasteiger partial charge in [0.05, 0.1) is 16.2 Å². The molecule has 1 aromatic heterocycles. The van der Waals surface area contributed by atoms with Crippen molar-refractivity contribution in [1.29, 1.82) is 0 Å². The minimum Gasteiger partial charge on any atom is -0.508 e. The number of fused-ring (bicyclic) bond motifs is 1. The second-order valence-electron chi connectivity index (χ2n) is 5.61. The fourth-order valence-electron chi connectivity index (χ4n) is 2.79. The molecule has 0 amide bonds. The first-order chi connectivity index (χ1) is 10.9. The summed E-state index contributed by atoms with van der Waals surface area (Å²) in [6.45, 7) is 3.15. The number of rotatable bonds is 3. The number of hydrogen-bond donors (Lipinski definition) is 2. The van der Waals surface area contributed by atoms with Gasteiger partial charge in [0.15, 0.2) is 0 Å². The highest BCUT2D eigenvalue weighted by atomic mass is 16.6. The van der Waals surface area contributed by atoms with Crippen molar-refractivity contribution in [3.63, 3.8) is 0 Å². The minimum absolute atomic E-state index is 0.0114. The van der Waals surface area contributed by atoms with E-state index in [1.165, 1.54) is 18.2 Å². The van der Waals surface area contributed by atoms with Crippen molar-refractivity contribution in [2.75, 3.05) is 6.54 Å². The molecule has 8 nitrogen and oxygen atoms in total. The van der Waals surface area contributed by atoms with Crippen LogP contribution in [-0.4, -0.2) is 31.4 Å². The third-order valence-electron chi connectivity index (χ3n) is 3.93. The van der Waals surface area contributed by atoms with Gasteiger partial charge in [-0.2, -0.15) is 0 Å². The Balaban J connectivity index is 1.84. The number of nitrogens with zero attached hydrogens (tertiary/aromatic N) is 3. The summed E-state index contributed by atoms with van der Waals surface area (Å²) in [5.41, 5.74) is 1.67. The van der Waals surface area contributed by atoms with E-state index in [0.29, 0.717) is 43.0 Å². The summed E-state index contributed by atoms with van der Waals surface area (Å²) in [7, 11) is 0. The topological polar surface area (TPSA) is 112 Å². The van der Waals surface area contributed by atoms with Crippen LogP contribution < -0.4 is 5.56 Å². The van der Waals surface area contributed by atoms with Crippen molar-refractivity contribution < 1.29 is 10.0 Å². The van der Waals surface area contributed by atoms with Crippen LogP contribution in [0.3, 0.4) is 0 Å². The van der Waals surface area contributed by atoms with Gasteiger partial charge in [-0.15, -0.1) is 0 Å². The van der Waals surface area contributed by atoms with E-state index in [1.807, 2.05) is 4.90 Å². The standard InChI is InChI=1S/C15H16N4O4/c1-9-16-13-4-5-18(8-12(13)15(21)17-9)7-10-6-11(19(22)23)2-3-14(10)20/h2-3,6,20H,4-5,7-8H2,1H3,(H,16,17,21). The average Bonchev–Trinajstić information content (AvgIpc) is 2.49. The molecule has 1 aliphatic rings. The van der Waals surface area contributed by atoms with E-state index in [-0.39, 0.29) is 17.0 Å². The highest BCUT2D eigenvalue weighted by Crippen LogP contribution is 2.26. The van der Waals surface area contributed by atoms with E-state index in [4.69, 9.17) is 0 Å². The average molecular weight is 316 g/mol. The molecule has 2 heterocycles. The predicted molar refractivity (Wildman–Crippen MR) is 82.2 cm³/mol. The molecule has 0 aliphatic carbocycles. The van der Waals surface area contributed by atoms with Crippen LogP contribution in [0.2, 0.25) is 0 Å². The smallest absolute Gasteiger partial charge is 0.270 e. The SMILES string of the molecule is Cc1nc2c(c(=O)[nH]1)CN(Cc1cc([N+](=O)[O-])ccc1O)CC2. The van der Waals surface area contributed by atoms with Gasteiger partial charge in [-0.05, 0) is 13.0 Å². The molecular weight excluding hydrogens is 300 g/mol. The Morgan fingerprint density at radius 3 is 3.00 bits per heavy atom. The number of aromatic nitrogens is 2. The molecule has 0 saturated heterocycles. The molecule has 0 bridgehead atoms. The molecule has 0 fully saturated rings. The van der Waals surface area contributed by atoms with Crippen molar-refractivity contribution in [3.8, 4) is 5.75 Å². The van der Waals surface area contributed by atoms with Crippen LogP contribution in [0.1, 0.15) is 22.6 Å². The van der Waals surface area contributed by atoms with Crippen LogP contribution in [0, 0.1) is 17.0 Å². The third-order valence-corrected chi connectivity index (χ3v) is 3.93. The number of aryl methyl sites for hydroxylation is 1. The number of H-pyrrole nitrogens is 1. The lowest BCUT2D eigenvalue weighted by atomic mass is 10.1. The van der Waals surface area contributed by atoms with Gasteiger partial charge in [-0.25, -0.2) is 4.98 Å². The molecule has 2 aromatic rings. The Hall–Kier alpha value is -2.74. The van der Waals surface area contributed by atoms with Gasteiger partial charge in [-0.1, -0.05) is 0 Å². The molecule has 1 aromatic carbocycles. The highest BCUT2D eigenvalue weighted by Gasteiger charge is 2.22. The Labute approximate surface area is 131 Å². The molecule has 3 rings (SSSR count). The highest BCUT2D eigenvalue weighted by molar-refractivity contribution is 5.43. The summed E-state index contributed by atoms with van der Waals surface area (Å²) in [5.74, 6) is 0.607. The molecule has 1 aliphatic heterocycles. The molecule has 0 spiro atoms.